The number of rotatable bonds is 6. The van der Waals surface area contributed by atoms with Crippen LogP contribution in [0.25, 0.3) is 5.57 Å². The van der Waals surface area contributed by atoms with E-state index in [0.717, 1.165) is 40.7 Å². The number of esters is 1. The van der Waals surface area contributed by atoms with E-state index in [0.29, 0.717) is 11.3 Å². The molecule has 1 aliphatic carbocycles. The van der Waals surface area contributed by atoms with Crippen LogP contribution < -0.4 is 0 Å². The van der Waals surface area contributed by atoms with Crippen LogP contribution in [0.1, 0.15) is 54.5 Å². The molecule has 6 heteroatoms. The number of carbonyl (C=O) groups is 2. The molecule has 1 fully saturated rings. The Morgan fingerprint density at radius 1 is 1.14 bits per heavy atom. The number of methoxy groups -OCH3 is 1. The first kappa shape index (κ1) is 20.6. The average molecular weight is 387 g/mol. The van der Waals surface area contributed by atoms with E-state index in [-0.39, 0.29) is 24.6 Å². The lowest BCUT2D eigenvalue weighted by Crippen LogP contribution is -2.44. The second-order valence-corrected chi connectivity index (χ2v) is 8.23. The van der Waals surface area contributed by atoms with Gasteiger partial charge in [0, 0.05) is 7.11 Å². The molecule has 1 heterocycles. The molecule has 1 saturated carbocycles. The zero-order chi connectivity index (χ0) is 20.8. The van der Waals surface area contributed by atoms with Gasteiger partial charge >= 0.3 is 5.97 Å². The summed E-state index contributed by atoms with van der Waals surface area (Å²) >= 11 is 0. The first-order valence-corrected chi connectivity index (χ1v) is 9.61. The summed E-state index contributed by atoms with van der Waals surface area (Å²) in [5.74, 6) is -0.327. The normalized spacial score (nSPS) is 18.8. The molecule has 6 nitrogen and oxygen atoms in total. The van der Waals surface area contributed by atoms with Gasteiger partial charge in [-0.15, -0.1) is 0 Å². The van der Waals surface area contributed by atoms with Gasteiger partial charge in [-0.1, -0.05) is 6.07 Å². The van der Waals surface area contributed by atoms with E-state index >= 15 is 0 Å². The van der Waals surface area contributed by atoms with Crippen LogP contribution in [0.3, 0.4) is 0 Å². The minimum absolute atomic E-state index is 0.0722. The molecule has 0 radical (unpaired) electrons. The minimum atomic E-state index is -0.937. The molecule has 1 aromatic carbocycles. The first-order chi connectivity index (χ1) is 13.1. The second-order valence-electron chi connectivity index (χ2n) is 8.23. The Balaban J connectivity index is 2.18. The predicted molar refractivity (Wildman–Crippen MR) is 105 cm³/mol. The molecule has 2 aliphatic rings. The van der Waals surface area contributed by atoms with Crippen molar-refractivity contribution < 1.29 is 23.9 Å². The van der Waals surface area contributed by atoms with Crippen LogP contribution in [0.4, 0.5) is 0 Å². The summed E-state index contributed by atoms with van der Waals surface area (Å²) in [6.45, 7) is 11.6. The Hall–Kier alpha value is -2.18. The number of nitrogens with zero attached hydrogens (tertiary/aromatic N) is 1. The Morgan fingerprint density at radius 3 is 2.36 bits per heavy atom. The van der Waals surface area contributed by atoms with Gasteiger partial charge in [0.05, 0.1) is 11.5 Å². The van der Waals surface area contributed by atoms with Gasteiger partial charge in [-0.2, -0.15) is 0 Å². The third-order valence-corrected chi connectivity index (χ3v) is 5.71. The van der Waals surface area contributed by atoms with Crippen molar-refractivity contribution in [2.24, 2.45) is 5.92 Å². The molecule has 3 rings (SSSR count). The Kier molecular flexibility index (Phi) is 5.38. The van der Waals surface area contributed by atoms with Crippen molar-refractivity contribution in [3.63, 3.8) is 0 Å². The van der Waals surface area contributed by atoms with E-state index in [2.05, 4.69) is 13.0 Å². The van der Waals surface area contributed by atoms with Crippen LogP contribution in [0.5, 0.6) is 0 Å². The summed E-state index contributed by atoms with van der Waals surface area (Å²) < 4.78 is 10.8. The molecule has 0 unspecified atom stereocenters. The van der Waals surface area contributed by atoms with Gasteiger partial charge in [0.2, 0.25) is 0 Å². The number of carbonyl (C=O) groups excluding carboxylic acids is 2. The summed E-state index contributed by atoms with van der Waals surface area (Å²) in [4.78, 5) is 31.5. The van der Waals surface area contributed by atoms with Crippen molar-refractivity contribution in [1.29, 1.82) is 0 Å². The third kappa shape index (κ3) is 3.35. The topological polar surface area (TPSA) is 65.1 Å². The van der Waals surface area contributed by atoms with Crippen LogP contribution >= 0.6 is 0 Å². The summed E-state index contributed by atoms with van der Waals surface area (Å²) in [5.41, 5.74) is 4.51. The van der Waals surface area contributed by atoms with Crippen LogP contribution in [0, 0.1) is 33.6 Å². The fourth-order valence-electron chi connectivity index (χ4n) is 3.74. The maximum atomic E-state index is 13.4. The van der Waals surface area contributed by atoms with E-state index in [1.54, 1.807) is 0 Å². The number of aryl methyl sites for hydroxylation is 2. The SMILES string of the molecule is COCON1C(=O)C(c2c(C)cc(C)c(C)c2C)=C(OC(=O)C2CC2)C1(C)C. The molecule has 0 aromatic heterocycles. The van der Waals surface area contributed by atoms with Crippen molar-refractivity contribution in [1.82, 2.24) is 5.06 Å². The first-order valence-electron chi connectivity index (χ1n) is 9.61. The number of hydroxylamine groups is 2. The van der Waals surface area contributed by atoms with Gasteiger partial charge in [0.25, 0.3) is 5.91 Å². The number of amides is 1. The van der Waals surface area contributed by atoms with E-state index in [4.69, 9.17) is 14.3 Å². The van der Waals surface area contributed by atoms with Crippen LogP contribution in [0.15, 0.2) is 11.8 Å². The molecule has 1 aromatic rings. The largest absolute Gasteiger partial charge is 0.427 e. The molecular formula is C22H29NO5. The van der Waals surface area contributed by atoms with Crippen molar-refractivity contribution in [2.75, 3.05) is 13.9 Å². The number of benzene rings is 1. The lowest BCUT2D eigenvalue weighted by atomic mass is 9.88. The lowest BCUT2D eigenvalue weighted by molar-refractivity contribution is -0.239. The van der Waals surface area contributed by atoms with Crippen molar-refractivity contribution in [3.8, 4) is 0 Å². The highest BCUT2D eigenvalue weighted by Crippen LogP contribution is 2.44. The molecule has 0 atom stereocenters. The molecule has 0 bridgehead atoms. The quantitative estimate of drug-likeness (QED) is 0.550. The maximum Gasteiger partial charge on any atom is 0.314 e. The zero-order valence-electron chi connectivity index (χ0n) is 17.8. The summed E-state index contributed by atoms with van der Waals surface area (Å²) in [5, 5.41) is 1.26. The van der Waals surface area contributed by atoms with E-state index < -0.39 is 5.54 Å². The highest BCUT2D eigenvalue weighted by atomic mass is 16.8. The number of hydrogen-bond donors (Lipinski definition) is 0. The molecule has 152 valence electrons. The van der Waals surface area contributed by atoms with Crippen molar-refractivity contribution in [3.05, 3.63) is 39.6 Å². The van der Waals surface area contributed by atoms with Crippen LogP contribution in [0.2, 0.25) is 0 Å². The monoisotopic (exact) mass is 387 g/mol. The van der Waals surface area contributed by atoms with E-state index in [1.807, 2.05) is 34.6 Å². The minimum Gasteiger partial charge on any atom is -0.427 e. The van der Waals surface area contributed by atoms with Gasteiger partial charge in [-0.05, 0) is 82.2 Å². The molecule has 1 amide bonds. The van der Waals surface area contributed by atoms with Crippen molar-refractivity contribution >= 4 is 17.4 Å². The van der Waals surface area contributed by atoms with Crippen LogP contribution in [-0.2, 0) is 23.9 Å². The van der Waals surface area contributed by atoms with E-state index in [1.165, 1.54) is 12.2 Å². The Bertz CT molecular complexity index is 864. The average Bonchev–Trinajstić information content (AvgIpc) is 3.44. The molecule has 28 heavy (non-hydrogen) atoms. The highest BCUT2D eigenvalue weighted by molar-refractivity contribution is 6.23. The van der Waals surface area contributed by atoms with Gasteiger partial charge in [-0.25, -0.2) is 9.90 Å². The molecular weight excluding hydrogens is 358 g/mol. The summed E-state index contributed by atoms with van der Waals surface area (Å²) in [7, 11) is 1.49. The lowest BCUT2D eigenvalue weighted by Gasteiger charge is -2.31. The molecule has 0 saturated heterocycles. The van der Waals surface area contributed by atoms with Gasteiger partial charge in [-0.3, -0.25) is 9.59 Å². The fraction of sp³-hybridized carbons (Fsp3) is 0.545. The summed E-state index contributed by atoms with van der Waals surface area (Å²) in [6, 6.07) is 2.06. The Morgan fingerprint density at radius 2 is 1.79 bits per heavy atom. The van der Waals surface area contributed by atoms with Gasteiger partial charge in [0.15, 0.2) is 6.79 Å². The van der Waals surface area contributed by atoms with Gasteiger partial charge < -0.3 is 9.47 Å². The second kappa shape index (κ2) is 7.33. The predicted octanol–water partition coefficient (Wildman–Crippen LogP) is 3.74. The third-order valence-electron chi connectivity index (χ3n) is 5.71. The zero-order valence-corrected chi connectivity index (χ0v) is 17.8. The van der Waals surface area contributed by atoms with Crippen LogP contribution in [-0.4, -0.2) is 36.4 Å². The van der Waals surface area contributed by atoms with E-state index in [9.17, 15) is 9.59 Å². The van der Waals surface area contributed by atoms with Crippen molar-refractivity contribution in [2.45, 2.75) is 59.9 Å². The summed E-state index contributed by atoms with van der Waals surface area (Å²) in [6.07, 6.45) is 1.67. The molecule has 1 aliphatic heterocycles. The highest BCUT2D eigenvalue weighted by Gasteiger charge is 2.51. The fourth-order valence-corrected chi connectivity index (χ4v) is 3.74. The molecule has 0 spiro atoms. The number of ether oxygens (including phenoxy) is 2. The number of hydrogen-bond acceptors (Lipinski definition) is 5. The maximum absolute atomic E-state index is 13.4. The smallest absolute Gasteiger partial charge is 0.314 e. The molecule has 0 N–H and O–H groups in total. The van der Waals surface area contributed by atoms with Gasteiger partial charge in [0.1, 0.15) is 11.3 Å². The Labute approximate surface area is 166 Å². The standard InChI is InChI=1S/C22H29NO5/c1-12-10-13(2)17(15(4)14(12)3)18-19(28-21(25)16-8-9-16)22(5,6)23(20(18)24)27-11-26-7/h10,16H,8-9,11H2,1-7H3.